The molecule has 0 atom stereocenters. The molecular formula is C17H14BrNO3. The van der Waals surface area contributed by atoms with Crippen LogP contribution < -0.4 is 5.32 Å². The molecular weight excluding hydrogens is 346 g/mol. The van der Waals surface area contributed by atoms with Gasteiger partial charge in [0, 0.05) is 22.8 Å². The van der Waals surface area contributed by atoms with Crippen molar-refractivity contribution in [2.75, 3.05) is 0 Å². The van der Waals surface area contributed by atoms with E-state index in [9.17, 15) is 4.79 Å². The topological polar surface area (TPSA) is 62.5 Å². The van der Waals surface area contributed by atoms with Crippen LogP contribution in [0.25, 0.3) is 22.1 Å². The lowest BCUT2D eigenvalue weighted by atomic mass is 9.99. The van der Waals surface area contributed by atoms with Crippen molar-refractivity contribution in [3.63, 3.8) is 0 Å². The number of furan rings is 1. The fraction of sp³-hybridized carbons (Fsp3) is 0.118. The second-order valence-corrected chi connectivity index (χ2v) is 5.54. The van der Waals surface area contributed by atoms with E-state index >= 15 is 0 Å². The Morgan fingerprint density at radius 3 is 2.82 bits per heavy atom. The zero-order chi connectivity index (χ0) is 15.5. The number of alkyl halides is 1. The second kappa shape index (κ2) is 6.23. The number of hydrogen-bond acceptors (Lipinski definition) is 2. The Bertz CT molecular complexity index is 826. The van der Waals surface area contributed by atoms with Crippen LogP contribution in [0.15, 0.2) is 53.1 Å². The number of hydrogen-bond donors (Lipinski definition) is 2. The van der Waals surface area contributed by atoms with Gasteiger partial charge in [-0.1, -0.05) is 34.1 Å². The number of halogens is 1. The molecule has 3 aromatic rings. The molecule has 0 spiro atoms. The van der Waals surface area contributed by atoms with E-state index in [-0.39, 0.29) is 6.54 Å². The van der Waals surface area contributed by atoms with Crippen molar-refractivity contribution in [2.24, 2.45) is 0 Å². The van der Waals surface area contributed by atoms with Crippen LogP contribution in [-0.4, -0.2) is 11.2 Å². The van der Waals surface area contributed by atoms with E-state index in [1.807, 2.05) is 30.3 Å². The maximum Gasteiger partial charge on any atom is 0.404 e. The number of rotatable bonds is 4. The number of fused-ring (bicyclic) bond motifs is 1. The summed E-state index contributed by atoms with van der Waals surface area (Å²) in [5, 5.41) is 12.9. The predicted octanol–water partition coefficient (Wildman–Crippen LogP) is 4.76. The van der Waals surface area contributed by atoms with Crippen LogP contribution in [0.3, 0.4) is 0 Å². The van der Waals surface area contributed by atoms with E-state index in [1.54, 1.807) is 6.26 Å². The van der Waals surface area contributed by atoms with E-state index in [0.717, 1.165) is 38.6 Å². The Balaban J connectivity index is 2.05. The molecule has 1 amide bonds. The zero-order valence-corrected chi connectivity index (χ0v) is 13.3. The zero-order valence-electron chi connectivity index (χ0n) is 11.7. The van der Waals surface area contributed by atoms with E-state index in [0.29, 0.717) is 0 Å². The van der Waals surface area contributed by atoms with Gasteiger partial charge in [-0.25, -0.2) is 4.79 Å². The summed E-state index contributed by atoms with van der Waals surface area (Å²) in [6, 6.07) is 13.9. The highest BCUT2D eigenvalue weighted by Crippen LogP contribution is 2.32. The van der Waals surface area contributed by atoms with Crippen LogP contribution in [0.2, 0.25) is 0 Å². The summed E-state index contributed by atoms with van der Waals surface area (Å²) in [6.07, 6.45) is 0.655. The molecule has 4 nitrogen and oxygen atoms in total. The molecule has 0 unspecified atom stereocenters. The third kappa shape index (κ3) is 2.99. The van der Waals surface area contributed by atoms with Crippen molar-refractivity contribution < 1.29 is 14.3 Å². The van der Waals surface area contributed by atoms with Crippen LogP contribution in [0.5, 0.6) is 0 Å². The van der Waals surface area contributed by atoms with Crippen molar-refractivity contribution in [2.45, 2.75) is 11.9 Å². The molecule has 1 heterocycles. The summed E-state index contributed by atoms with van der Waals surface area (Å²) in [4.78, 5) is 10.6. The largest absolute Gasteiger partial charge is 0.465 e. The first-order valence-electron chi connectivity index (χ1n) is 6.79. The highest BCUT2D eigenvalue weighted by atomic mass is 79.9. The van der Waals surface area contributed by atoms with E-state index < -0.39 is 6.09 Å². The minimum absolute atomic E-state index is 0.280. The van der Waals surface area contributed by atoms with E-state index in [1.165, 1.54) is 0 Å². The Morgan fingerprint density at radius 1 is 1.18 bits per heavy atom. The van der Waals surface area contributed by atoms with Crippen LogP contribution in [0.1, 0.15) is 11.1 Å². The van der Waals surface area contributed by atoms with Gasteiger partial charge in [0.1, 0.15) is 5.58 Å². The van der Waals surface area contributed by atoms with Gasteiger partial charge in [0.25, 0.3) is 0 Å². The predicted molar refractivity (Wildman–Crippen MR) is 89.1 cm³/mol. The van der Waals surface area contributed by atoms with Crippen LogP contribution in [0, 0.1) is 0 Å². The normalized spacial score (nSPS) is 10.8. The SMILES string of the molecule is O=C(O)NCc1cccc(-c2cc(CBr)cc3ccoc23)c1. The van der Waals surface area contributed by atoms with Crippen molar-refractivity contribution in [3.05, 3.63) is 59.9 Å². The molecule has 0 saturated heterocycles. The molecule has 2 N–H and O–H groups in total. The third-order valence-electron chi connectivity index (χ3n) is 3.45. The number of carboxylic acid groups (broad SMARTS) is 1. The van der Waals surface area contributed by atoms with Crippen LogP contribution in [0.4, 0.5) is 4.79 Å². The van der Waals surface area contributed by atoms with Crippen molar-refractivity contribution in [1.82, 2.24) is 5.32 Å². The highest BCUT2D eigenvalue weighted by Gasteiger charge is 2.10. The minimum Gasteiger partial charge on any atom is -0.465 e. The lowest BCUT2D eigenvalue weighted by molar-refractivity contribution is 0.194. The Kier molecular flexibility index (Phi) is 4.15. The van der Waals surface area contributed by atoms with Crippen LogP contribution >= 0.6 is 15.9 Å². The van der Waals surface area contributed by atoms with Gasteiger partial charge in [-0.2, -0.15) is 0 Å². The van der Waals surface area contributed by atoms with Crippen molar-refractivity contribution in [1.29, 1.82) is 0 Å². The number of carbonyl (C=O) groups is 1. The third-order valence-corrected chi connectivity index (χ3v) is 4.09. The van der Waals surface area contributed by atoms with Gasteiger partial charge >= 0.3 is 6.09 Å². The maximum absolute atomic E-state index is 10.6. The van der Waals surface area contributed by atoms with E-state index in [2.05, 4.69) is 33.4 Å². The molecule has 0 bridgehead atoms. The lowest BCUT2D eigenvalue weighted by Crippen LogP contribution is -2.19. The van der Waals surface area contributed by atoms with Gasteiger partial charge in [-0.05, 0) is 41.0 Å². The Hall–Kier alpha value is -2.27. The summed E-state index contributed by atoms with van der Waals surface area (Å²) in [7, 11) is 0. The monoisotopic (exact) mass is 359 g/mol. The first-order chi connectivity index (χ1) is 10.7. The summed E-state index contributed by atoms with van der Waals surface area (Å²) < 4.78 is 5.62. The van der Waals surface area contributed by atoms with Crippen molar-refractivity contribution in [3.8, 4) is 11.1 Å². The smallest absolute Gasteiger partial charge is 0.404 e. The number of nitrogens with one attached hydrogen (secondary N) is 1. The number of amides is 1. The molecule has 5 heteroatoms. The Labute approximate surface area is 135 Å². The molecule has 0 aliphatic heterocycles. The fourth-order valence-corrected chi connectivity index (χ4v) is 2.79. The molecule has 0 fully saturated rings. The molecule has 22 heavy (non-hydrogen) atoms. The summed E-state index contributed by atoms with van der Waals surface area (Å²) in [5.74, 6) is 0. The van der Waals surface area contributed by atoms with Gasteiger partial charge in [0.2, 0.25) is 0 Å². The quantitative estimate of drug-likeness (QED) is 0.660. The standard InChI is InChI=1S/C17H14BrNO3/c18-9-12-7-14-4-5-22-16(14)15(8-12)13-3-1-2-11(6-13)10-19-17(20)21/h1-8,19H,9-10H2,(H,20,21). The molecule has 0 saturated carbocycles. The summed E-state index contributed by atoms with van der Waals surface area (Å²) in [5.41, 5.74) is 4.93. The lowest BCUT2D eigenvalue weighted by Gasteiger charge is -2.08. The van der Waals surface area contributed by atoms with Gasteiger partial charge in [0.05, 0.1) is 6.26 Å². The highest BCUT2D eigenvalue weighted by molar-refractivity contribution is 9.08. The van der Waals surface area contributed by atoms with Crippen molar-refractivity contribution >= 4 is 33.0 Å². The van der Waals surface area contributed by atoms with Gasteiger partial charge in [-0.3, -0.25) is 0 Å². The van der Waals surface area contributed by atoms with E-state index in [4.69, 9.17) is 9.52 Å². The maximum atomic E-state index is 10.6. The van der Waals surface area contributed by atoms with Gasteiger partial charge in [0.15, 0.2) is 0 Å². The second-order valence-electron chi connectivity index (χ2n) is 4.98. The molecule has 1 aromatic heterocycles. The molecule has 112 valence electrons. The fourth-order valence-electron chi connectivity index (χ4n) is 2.46. The average molecular weight is 360 g/mol. The first-order valence-corrected chi connectivity index (χ1v) is 7.92. The molecule has 0 aliphatic carbocycles. The molecule has 3 rings (SSSR count). The Morgan fingerprint density at radius 2 is 2.05 bits per heavy atom. The molecule has 2 aromatic carbocycles. The minimum atomic E-state index is -1.03. The average Bonchev–Trinajstić information content (AvgIpc) is 3.00. The molecule has 0 radical (unpaired) electrons. The summed E-state index contributed by atoms with van der Waals surface area (Å²) >= 11 is 3.49. The molecule has 0 aliphatic rings. The first kappa shape index (κ1) is 14.7. The van der Waals surface area contributed by atoms with Gasteiger partial charge in [-0.15, -0.1) is 0 Å². The van der Waals surface area contributed by atoms with Crippen LogP contribution in [-0.2, 0) is 11.9 Å². The summed E-state index contributed by atoms with van der Waals surface area (Å²) in [6.45, 7) is 0.280. The number of benzene rings is 2. The van der Waals surface area contributed by atoms with Gasteiger partial charge < -0.3 is 14.8 Å².